The SMILES string of the molecule is CCON=C(C(=O)N[C@@H]1C(=O)N2C(C(=O)O)=C(COC(C)=O)CS[C@H]12)c1nc(NC(=O)CCl)sc1Cl. The van der Waals surface area contributed by atoms with Crippen LogP contribution in [0.25, 0.3) is 0 Å². The van der Waals surface area contributed by atoms with Crippen molar-refractivity contribution in [1.82, 2.24) is 15.2 Å². The number of amides is 3. The second-order valence-electron chi connectivity index (χ2n) is 7.08. The largest absolute Gasteiger partial charge is 0.477 e. The number of carbonyl (C=O) groups excluding carboxylic acids is 4. The molecule has 17 heteroatoms. The van der Waals surface area contributed by atoms with Gasteiger partial charge >= 0.3 is 11.9 Å². The normalized spacial score (nSPS) is 19.3. The summed E-state index contributed by atoms with van der Waals surface area (Å²) in [4.78, 5) is 70.6. The average Bonchev–Trinajstić information content (AvgIpc) is 3.19. The first-order valence-corrected chi connectivity index (χ1v) is 12.9. The van der Waals surface area contributed by atoms with Crippen LogP contribution in [0.3, 0.4) is 0 Å². The number of thiazole rings is 1. The molecule has 0 unspecified atom stereocenters. The number of aliphatic carboxylic acids is 1. The number of aromatic nitrogens is 1. The molecule has 0 aliphatic carbocycles. The molecule has 0 bridgehead atoms. The van der Waals surface area contributed by atoms with Crippen LogP contribution in [0.2, 0.25) is 4.34 Å². The van der Waals surface area contributed by atoms with E-state index in [-0.39, 0.29) is 57.0 Å². The van der Waals surface area contributed by atoms with Gasteiger partial charge in [-0.2, -0.15) is 0 Å². The fraction of sp³-hybridized carbons (Fsp3) is 0.421. The quantitative estimate of drug-likeness (QED) is 0.119. The zero-order valence-corrected chi connectivity index (χ0v) is 21.8. The van der Waals surface area contributed by atoms with Crippen molar-refractivity contribution in [3.63, 3.8) is 0 Å². The van der Waals surface area contributed by atoms with Crippen molar-refractivity contribution >= 4 is 86.8 Å². The van der Waals surface area contributed by atoms with Crippen molar-refractivity contribution in [1.29, 1.82) is 0 Å². The van der Waals surface area contributed by atoms with E-state index in [0.29, 0.717) is 0 Å². The first-order chi connectivity index (χ1) is 17.1. The van der Waals surface area contributed by atoms with Gasteiger partial charge < -0.3 is 25.3 Å². The van der Waals surface area contributed by atoms with Crippen LogP contribution in [0, 0.1) is 0 Å². The zero-order valence-electron chi connectivity index (χ0n) is 18.7. The van der Waals surface area contributed by atoms with Gasteiger partial charge in [-0.25, -0.2) is 9.78 Å². The standard InChI is InChI=1S/C19H19Cl2N5O8S2/c1-3-34-25-11(10-14(21)36-19(24-10)22-9(28)4-20)15(29)23-12-16(30)26-13(18(31)32)8(5-33-7(2)27)6-35-17(12)26/h12,17H,3-6H2,1-2H3,(H,23,29)(H,31,32)(H,22,24,28)/t12-,17-/m1/s1. The minimum Gasteiger partial charge on any atom is -0.477 e. The number of carboxylic acid groups (broad SMARTS) is 1. The number of nitrogens with zero attached hydrogens (tertiary/aromatic N) is 3. The van der Waals surface area contributed by atoms with E-state index in [2.05, 4.69) is 20.8 Å². The minimum absolute atomic E-state index is 0.0216. The van der Waals surface area contributed by atoms with E-state index in [4.69, 9.17) is 32.8 Å². The van der Waals surface area contributed by atoms with E-state index < -0.39 is 41.1 Å². The Morgan fingerprint density at radius 2 is 2.06 bits per heavy atom. The molecule has 1 saturated heterocycles. The number of hydrogen-bond acceptors (Lipinski definition) is 11. The Morgan fingerprint density at radius 1 is 1.33 bits per heavy atom. The van der Waals surface area contributed by atoms with Crippen molar-refractivity contribution in [3.05, 3.63) is 21.3 Å². The molecular weight excluding hydrogens is 561 g/mol. The summed E-state index contributed by atoms with van der Waals surface area (Å²) in [6.07, 6.45) is 0. The summed E-state index contributed by atoms with van der Waals surface area (Å²) in [5, 5.41) is 17.7. The molecule has 3 N–H and O–H groups in total. The van der Waals surface area contributed by atoms with E-state index in [1.165, 1.54) is 18.7 Å². The van der Waals surface area contributed by atoms with Gasteiger partial charge in [0.05, 0.1) is 0 Å². The number of anilines is 1. The minimum atomic E-state index is -1.36. The maximum Gasteiger partial charge on any atom is 0.352 e. The molecule has 0 saturated carbocycles. The van der Waals surface area contributed by atoms with Crippen LogP contribution >= 0.6 is 46.3 Å². The van der Waals surface area contributed by atoms with Gasteiger partial charge in [0.25, 0.3) is 11.8 Å². The summed E-state index contributed by atoms with van der Waals surface area (Å²) < 4.78 is 4.92. The van der Waals surface area contributed by atoms with Gasteiger partial charge in [-0.15, -0.1) is 23.4 Å². The van der Waals surface area contributed by atoms with Crippen molar-refractivity contribution in [2.75, 3.05) is 30.2 Å². The summed E-state index contributed by atoms with van der Waals surface area (Å²) in [5.74, 6) is -4.17. The third-order valence-corrected chi connectivity index (χ3v) is 7.42. The summed E-state index contributed by atoms with van der Waals surface area (Å²) >= 11 is 13.7. The maximum atomic E-state index is 13.1. The molecule has 194 valence electrons. The second-order valence-corrected chi connectivity index (χ2v) is 10.1. The fourth-order valence-corrected chi connectivity index (χ4v) is 5.62. The lowest BCUT2D eigenvalue weighted by Crippen LogP contribution is -2.71. The van der Waals surface area contributed by atoms with Crippen molar-refractivity contribution in [2.24, 2.45) is 5.16 Å². The molecule has 0 aromatic carbocycles. The third-order valence-electron chi connectivity index (χ3n) is 4.66. The Morgan fingerprint density at radius 3 is 2.67 bits per heavy atom. The summed E-state index contributed by atoms with van der Waals surface area (Å²) in [5.41, 5.74) is -0.467. The van der Waals surface area contributed by atoms with Crippen LogP contribution in [0.4, 0.5) is 5.13 Å². The van der Waals surface area contributed by atoms with E-state index >= 15 is 0 Å². The predicted octanol–water partition coefficient (Wildman–Crippen LogP) is 1.02. The molecule has 36 heavy (non-hydrogen) atoms. The number of rotatable bonds is 10. The first-order valence-electron chi connectivity index (χ1n) is 10.2. The average molecular weight is 580 g/mol. The lowest BCUT2D eigenvalue weighted by atomic mass is 10.0. The van der Waals surface area contributed by atoms with Gasteiger partial charge in [0, 0.05) is 18.2 Å². The van der Waals surface area contributed by atoms with Crippen molar-refractivity contribution in [3.8, 4) is 0 Å². The van der Waals surface area contributed by atoms with E-state index in [0.717, 1.165) is 16.2 Å². The number of fused-ring (bicyclic) bond motifs is 1. The van der Waals surface area contributed by atoms with Crippen LogP contribution in [-0.4, -0.2) is 86.6 Å². The smallest absolute Gasteiger partial charge is 0.352 e. The molecule has 1 aromatic heterocycles. The Hall–Kier alpha value is -2.88. The van der Waals surface area contributed by atoms with Crippen LogP contribution in [0.1, 0.15) is 19.5 Å². The van der Waals surface area contributed by atoms with Gasteiger partial charge in [-0.3, -0.25) is 24.1 Å². The number of nitrogens with one attached hydrogen (secondary N) is 2. The lowest BCUT2D eigenvalue weighted by molar-refractivity contribution is -0.150. The van der Waals surface area contributed by atoms with Crippen LogP contribution < -0.4 is 10.6 Å². The Kier molecular flexibility index (Phi) is 9.16. The van der Waals surface area contributed by atoms with E-state index in [1.54, 1.807) is 6.92 Å². The van der Waals surface area contributed by atoms with Gasteiger partial charge in [-0.1, -0.05) is 28.1 Å². The monoisotopic (exact) mass is 579 g/mol. The zero-order chi connectivity index (χ0) is 26.6. The molecule has 13 nitrogen and oxygen atoms in total. The van der Waals surface area contributed by atoms with Crippen molar-refractivity contribution in [2.45, 2.75) is 25.3 Å². The molecule has 3 amide bonds. The van der Waals surface area contributed by atoms with Crippen molar-refractivity contribution < 1.29 is 38.7 Å². The molecule has 1 aromatic rings. The summed E-state index contributed by atoms with van der Waals surface area (Å²) in [6.45, 7) is 2.66. The highest BCUT2D eigenvalue weighted by Crippen LogP contribution is 2.40. The molecule has 0 spiro atoms. The van der Waals surface area contributed by atoms with Gasteiger partial charge in [0.1, 0.15) is 46.2 Å². The highest BCUT2D eigenvalue weighted by Gasteiger charge is 2.54. The highest BCUT2D eigenvalue weighted by molar-refractivity contribution is 8.00. The number of ether oxygens (including phenoxy) is 1. The maximum absolute atomic E-state index is 13.1. The molecule has 3 rings (SSSR count). The Labute approximate surface area is 222 Å². The summed E-state index contributed by atoms with van der Waals surface area (Å²) in [6, 6.07) is -1.08. The molecular formula is C19H19Cl2N5O8S2. The number of carboxylic acids is 1. The lowest BCUT2D eigenvalue weighted by Gasteiger charge is -2.49. The molecule has 0 radical (unpaired) electrons. The summed E-state index contributed by atoms with van der Waals surface area (Å²) in [7, 11) is 0. The molecule has 2 aliphatic rings. The molecule has 2 atom stereocenters. The second kappa shape index (κ2) is 11.9. The topological polar surface area (TPSA) is 177 Å². The van der Waals surface area contributed by atoms with Gasteiger partial charge in [0.2, 0.25) is 5.91 Å². The predicted molar refractivity (Wildman–Crippen MR) is 131 cm³/mol. The fourth-order valence-electron chi connectivity index (χ4n) is 3.17. The van der Waals surface area contributed by atoms with Crippen LogP contribution in [0.5, 0.6) is 0 Å². The number of alkyl halides is 1. The number of carbonyl (C=O) groups is 5. The number of halogens is 2. The van der Waals surface area contributed by atoms with Gasteiger partial charge in [0.15, 0.2) is 10.8 Å². The number of β-lactam (4-membered cyclic amide) rings is 1. The number of esters is 1. The number of hydrogen-bond donors (Lipinski definition) is 3. The van der Waals surface area contributed by atoms with Gasteiger partial charge in [-0.05, 0) is 6.92 Å². The Bertz CT molecular complexity index is 1170. The first kappa shape index (κ1) is 27.7. The molecule has 1 fully saturated rings. The number of oxime groups is 1. The third kappa shape index (κ3) is 5.91. The Balaban J connectivity index is 1.81. The highest BCUT2D eigenvalue weighted by atomic mass is 35.5. The van der Waals surface area contributed by atoms with E-state index in [9.17, 15) is 29.1 Å². The van der Waals surface area contributed by atoms with E-state index in [1.807, 2.05) is 0 Å². The van der Waals surface area contributed by atoms with Crippen LogP contribution in [0.15, 0.2) is 16.4 Å². The van der Waals surface area contributed by atoms with Crippen LogP contribution in [-0.2, 0) is 33.5 Å². The number of thioether (sulfide) groups is 1. The molecule has 3 heterocycles. The molecule has 2 aliphatic heterocycles.